The topological polar surface area (TPSA) is 33.7 Å². The van der Waals surface area contributed by atoms with Crippen LogP contribution >= 0.6 is 11.3 Å². The largest absolute Gasteiger partial charge is 0.493 e. The van der Waals surface area contributed by atoms with Gasteiger partial charge in [-0.1, -0.05) is 30.3 Å². The van der Waals surface area contributed by atoms with Crippen molar-refractivity contribution in [1.82, 2.24) is 10.2 Å². The predicted molar refractivity (Wildman–Crippen MR) is 108 cm³/mol. The smallest absolute Gasteiger partial charge is 0.165 e. The molecule has 0 aliphatic carbocycles. The second kappa shape index (κ2) is 7.66. The van der Waals surface area contributed by atoms with Gasteiger partial charge < -0.3 is 14.8 Å². The van der Waals surface area contributed by atoms with Gasteiger partial charge in [0.15, 0.2) is 11.5 Å². The van der Waals surface area contributed by atoms with Crippen LogP contribution in [0.4, 0.5) is 0 Å². The molecule has 1 aromatic heterocycles. The fourth-order valence-electron chi connectivity index (χ4n) is 3.84. The number of ether oxygens (including phenoxy) is 2. The highest BCUT2D eigenvalue weighted by Gasteiger charge is 2.29. The van der Waals surface area contributed by atoms with Crippen LogP contribution in [0.5, 0.6) is 11.5 Å². The Hall–Kier alpha value is -2.08. The van der Waals surface area contributed by atoms with Gasteiger partial charge in [-0.2, -0.15) is 0 Å². The molecule has 0 saturated carbocycles. The number of piperazine rings is 1. The number of nitrogens with one attached hydrogen (secondary N) is 1. The third kappa shape index (κ3) is 3.07. The van der Waals surface area contributed by atoms with Gasteiger partial charge in [0.05, 0.1) is 20.3 Å². The molecular formula is C21H24N2O2S. The van der Waals surface area contributed by atoms with Gasteiger partial charge in [-0.3, -0.25) is 4.90 Å². The molecule has 26 heavy (non-hydrogen) atoms. The third-order valence-electron chi connectivity index (χ3n) is 5.05. The Balaban J connectivity index is 1.89. The molecule has 1 unspecified atom stereocenters. The van der Waals surface area contributed by atoms with Gasteiger partial charge in [-0.25, -0.2) is 0 Å². The molecular weight excluding hydrogens is 344 g/mol. The van der Waals surface area contributed by atoms with Crippen LogP contribution in [0.25, 0.3) is 10.1 Å². The van der Waals surface area contributed by atoms with Gasteiger partial charge in [-0.15, -0.1) is 11.3 Å². The summed E-state index contributed by atoms with van der Waals surface area (Å²) in [4.78, 5) is 2.54. The summed E-state index contributed by atoms with van der Waals surface area (Å²) < 4.78 is 12.7. The number of hydrogen-bond donors (Lipinski definition) is 1. The molecule has 1 fully saturated rings. The molecule has 0 spiro atoms. The molecule has 4 nitrogen and oxygen atoms in total. The summed E-state index contributed by atoms with van der Waals surface area (Å²) in [5, 5.41) is 7.09. The first kappa shape index (κ1) is 17.3. The molecule has 1 aliphatic rings. The minimum absolute atomic E-state index is 0.151. The van der Waals surface area contributed by atoms with E-state index in [4.69, 9.17) is 9.47 Å². The average Bonchev–Trinajstić information content (AvgIpc) is 3.13. The highest BCUT2D eigenvalue weighted by Crippen LogP contribution is 2.43. The van der Waals surface area contributed by atoms with E-state index in [-0.39, 0.29) is 6.04 Å². The van der Waals surface area contributed by atoms with Crippen molar-refractivity contribution in [2.75, 3.05) is 40.4 Å². The van der Waals surface area contributed by atoms with Gasteiger partial charge in [0.25, 0.3) is 0 Å². The van der Waals surface area contributed by atoms with Crippen LogP contribution in [-0.4, -0.2) is 45.3 Å². The highest BCUT2D eigenvalue weighted by atomic mass is 32.1. The zero-order valence-corrected chi connectivity index (χ0v) is 16.0. The molecule has 3 aromatic rings. The number of rotatable bonds is 5. The van der Waals surface area contributed by atoms with Crippen LogP contribution in [0.2, 0.25) is 0 Å². The molecule has 2 aromatic carbocycles. The lowest BCUT2D eigenvalue weighted by Crippen LogP contribution is -2.45. The second-order valence-electron chi connectivity index (χ2n) is 6.46. The molecule has 0 amide bonds. The monoisotopic (exact) mass is 368 g/mol. The van der Waals surface area contributed by atoms with Crippen molar-refractivity contribution in [3.05, 3.63) is 59.0 Å². The van der Waals surface area contributed by atoms with Gasteiger partial charge >= 0.3 is 0 Å². The second-order valence-corrected chi connectivity index (χ2v) is 7.37. The lowest BCUT2D eigenvalue weighted by atomic mass is 9.94. The first-order valence-corrected chi connectivity index (χ1v) is 9.83. The van der Waals surface area contributed by atoms with Crippen molar-refractivity contribution in [3.8, 4) is 11.5 Å². The van der Waals surface area contributed by atoms with Gasteiger partial charge in [0, 0.05) is 36.4 Å². The minimum Gasteiger partial charge on any atom is -0.493 e. The van der Waals surface area contributed by atoms with E-state index in [0.29, 0.717) is 0 Å². The number of nitrogens with zero attached hydrogens (tertiary/aromatic N) is 1. The number of para-hydroxylation sites is 1. The molecule has 0 bridgehead atoms. The number of methoxy groups -OCH3 is 2. The SMILES string of the molecule is COc1cccc(C(c2csc3ccccc23)N2CCNCC2)c1OC. The zero-order valence-electron chi connectivity index (χ0n) is 15.2. The molecule has 1 atom stereocenters. The maximum Gasteiger partial charge on any atom is 0.165 e. The standard InChI is InChI=1S/C21H24N2O2S/c1-24-18-8-5-7-16(21(18)25-2)20(23-12-10-22-11-13-23)17-14-26-19-9-4-3-6-15(17)19/h3-9,14,20,22H,10-13H2,1-2H3. The Labute approximate surface area is 158 Å². The molecule has 1 N–H and O–H groups in total. The predicted octanol–water partition coefficient (Wildman–Crippen LogP) is 3.91. The molecule has 2 heterocycles. The summed E-state index contributed by atoms with van der Waals surface area (Å²) in [6, 6.07) is 15.0. The Bertz CT molecular complexity index is 887. The van der Waals surface area contributed by atoms with Crippen molar-refractivity contribution in [1.29, 1.82) is 0 Å². The number of hydrogen-bond acceptors (Lipinski definition) is 5. The number of benzene rings is 2. The molecule has 136 valence electrons. The summed E-state index contributed by atoms with van der Waals surface area (Å²) in [6.45, 7) is 4.03. The zero-order chi connectivity index (χ0) is 17.9. The lowest BCUT2D eigenvalue weighted by Gasteiger charge is -2.36. The molecule has 5 heteroatoms. The Morgan fingerprint density at radius 1 is 0.962 bits per heavy atom. The van der Waals surface area contributed by atoms with E-state index in [1.54, 1.807) is 14.2 Å². The number of thiophene rings is 1. The summed E-state index contributed by atoms with van der Waals surface area (Å²) in [7, 11) is 3.42. The highest BCUT2D eigenvalue weighted by molar-refractivity contribution is 7.17. The molecule has 0 radical (unpaired) electrons. The van der Waals surface area contributed by atoms with Crippen LogP contribution < -0.4 is 14.8 Å². The van der Waals surface area contributed by atoms with Crippen LogP contribution in [0.1, 0.15) is 17.2 Å². The molecule has 1 aliphatic heterocycles. The van der Waals surface area contributed by atoms with Crippen molar-refractivity contribution in [2.24, 2.45) is 0 Å². The van der Waals surface area contributed by atoms with Gasteiger partial charge in [-0.05, 0) is 28.5 Å². The van der Waals surface area contributed by atoms with E-state index in [1.807, 2.05) is 17.4 Å². The Morgan fingerprint density at radius 2 is 1.77 bits per heavy atom. The first-order chi connectivity index (χ1) is 12.8. The van der Waals surface area contributed by atoms with Crippen LogP contribution in [0.3, 0.4) is 0 Å². The summed E-state index contributed by atoms with van der Waals surface area (Å²) in [5.41, 5.74) is 2.51. The Kier molecular flexibility index (Phi) is 5.11. The third-order valence-corrected chi connectivity index (χ3v) is 6.03. The van der Waals surface area contributed by atoms with E-state index < -0.39 is 0 Å². The van der Waals surface area contributed by atoms with Crippen LogP contribution in [0.15, 0.2) is 47.8 Å². The van der Waals surface area contributed by atoms with Gasteiger partial charge in [0.2, 0.25) is 0 Å². The van der Waals surface area contributed by atoms with Crippen LogP contribution in [-0.2, 0) is 0 Å². The summed E-state index contributed by atoms with van der Waals surface area (Å²) in [6.07, 6.45) is 0. The van der Waals surface area contributed by atoms with Crippen molar-refractivity contribution >= 4 is 21.4 Å². The van der Waals surface area contributed by atoms with Crippen molar-refractivity contribution in [3.63, 3.8) is 0 Å². The maximum absolute atomic E-state index is 5.79. The quantitative estimate of drug-likeness (QED) is 0.740. The van der Waals surface area contributed by atoms with E-state index in [2.05, 4.69) is 52.0 Å². The average molecular weight is 369 g/mol. The van der Waals surface area contributed by atoms with Crippen LogP contribution in [0, 0.1) is 0 Å². The van der Waals surface area contributed by atoms with E-state index >= 15 is 0 Å². The minimum atomic E-state index is 0.151. The van der Waals surface area contributed by atoms with E-state index in [0.717, 1.165) is 43.2 Å². The first-order valence-electron chi connectivity index (χ1n) is 8.95. The fourth-order valence-corrected chi connectivity index (χ4v) is 4.82. The lowest BCUT2D eigenvalue weighted by molar-refractivity contribution is 0.196. The van der Waals surface area contributed by atoms with E-state index in [1.165, 1.54) is 15.6 Å². The van der Waals surface area contributed by atoms with Gasteiger partial charge in [0.1, 0.15) is 0 Å². The van der Waals surface area contributed by atoms with Crippen molar-refractivity contribution in [2.45, 2.75) is 6.04 Å². The van der Waals surface area contributed by atoms with Crippen molar-refractivity contribution < 1.29 is 9.47 Å². The normalized spacial score (nSPS) is 16.5. The molecule has 4 rings (SSSR count). The Morgan fingerprint density at radius 3 is 2.54 bits per heavy atom. The summed E-state index contributed by atoms with van der Waals surface area (Å²) in [5.74, 6) is 1.61. The number of fused-ring (bicyclic) bond motifs is 1. The maximum atomic E-state index is 5.79. The van der Waals surface area contributed by atoms with E-state index in [9.17, 15) is 0 Å². The molecule has 1 saturated heterocycles. The summed E-state index contributed by atoms with van der Waals surface area (Å²) >= 11 is 1.81. The fraction of sp³-hybridized carbons (Fsp3) is 0.333.